The smallest absolute Gasteiger partial charge is 0.128 e. The third kappa shape index (κ3) is 4.18. The highest BCUT2D eigenvalue weighted by atomic mass is 16.5. The summed E-state index contributed by atoms with van der Waals surface area (Å²) >= 11 is 0. The molecule has 20 heavy (non-hydrogen) atoms. The third-order valence-electron chi connectivity index (χ3n) is 4.01. The summed E-state index contributed by atoms with van der Waals surface area (Å²) in [6.45, 7) is 5.90. The summed E-state index contributed by atoms with van der Waals surface area (Å²) in [5.74, 6) is 1.14. The van der Waals surface area contributed by atoms with Gasteiger partial charge in [-0.15, -0.1) is 0 Å². The Morgan fingerprint density at radius 3 is 3.00 bits per heavy atom. The molecule has 1 fully saturated rings. The molecule has 2 heterocycles. The van der Waals surface area contributed by atoms with Gasteiger partial charge in [0.15, 0.2) is 0 Å². The Kier molecular flexibility index (Phi) is 6.27. The lowest BCUT2D eigenvalue weighted by Gasteiger charge is -2.36. The Bertz CT molecular complexity index is 380. The van der Waals surface area contributed by atoms with E-state index in [1.54, 1.807) is 7.11 Å². The Balaban J connectivity index is 1.89. The highest BCUT2D eigenvalue weighted by Crippen LogP contribution is 2.24. The lowest BCUT2D eigenvalue weighted by atomic mass is 10.00. The number of rotatable bonds is 7. The Hall–Kier alpha value is -1.13. The van der Waals surface area contributed by atoms with Crippen LogP contribution in [0.25, 0.3) is 0 Å². The van der Waals surface area contributed by atoms with Crippen molar-refractivity contribution < 1.29 is 4.74 Å². The summed E-state index contributed by atoms with van der Waals surface area (Å²) in [5, 5.41) is 3.34. The number of pyridine rings is 1. The lowest BCUT2D eigenvalue weighted by Crippen LogP contribution is -2.39. The van der Waals surface area contributed by atoms with Crippen LogP contribution in [0, 0.1) is 0 Å². The van der Waals surface area contributed by atoms with Crippen LogP contribution >= 0.6 is 0 Å². The molecule has 0 aromatic carbocycles. The largest absolute Gasteiger partial charge is 0.383 e. The zero-order chi connectivity index (χ0) is 14.2. The molecule has 4 nitrogen and oxygen atoms in total. The monoisotopic (exact) mass is 277 g/mol. The zero-order valence-corrected chi connectivity index (χ0v) is 12.8. The summed E-state index contributed by atoms with van der Waals surface area (Å²) in [7, 11) is 1.72. The number of aromatic nitrogens is 1. The van der Waals surface area contributed by atoms with Crippen LogP contribution in [0.1, 0.15) is 38.2 Å². The van der Waals surface area contributed by atoms with Crippen molar-refractivity contribution in [3.8, 4) is 0 Å². The molecule has 1 aromatic rings. The van der Waals surface area contributed by atoms with E-state index in [0.29, 0.717) is 6.04 Å². The molecule has 1 aliphatic rings. The number of hydrogen-bond donors (Lipinski definition) is 1. The number of anilines is 1. The highest BCUT2D eigenvalue weighted by molar-refractivity contribution is 5.41. The number of piperidine rings is 1. The molecule has 0 spiro atoms. The first-order valence-corrected chi connectivity index (χ1v) is 7.76. The van der Waals surface area contributed by atoms with Crippen molar-refractivity contribution in [3.05, 3.63) is 23.9 Å². The topological polar surface area (TPSA) is 37.4 Å². The molecule has 1 N–H and O–H groups in total. The molecule has 0 radical (unpaired) electrons. The number of nitrogens with one attached hydrogen (secondary N) is 1. The van der Waals surface area contributed by atoms with Crippen LogP contribution in [0.4, 0.5) is 5.82 Å². The predicted molar refractivity (Wildman–Crippen MR) is 83.1 cm³/mol. The Morgan fingerprint density at radius 1 is 1.40 bits per heavy atom. The minimum atomic E-state index is 0.668. The molecule has 1 aromatic heterocycles. The van der Waals surface area contributed by atoms with Crippen molar-refractivity contribution in [1.29, 1.82) is 0 Å². The van der Waals surface area contributed by atoms with Crippen LogP contribution in [0.5, 0.6) is 0 Å². The van der Waals surface area contributed by atoms with Crippen molar-refractivity contribution in [3.63, 3.8) is 0 Å². The van der Waals surface area contributed by atoms with Gasteiger partial charge in [0.1, 0.15) is 5.82 Å². The molecule has 112 valence electrons. The van der Waals surface area contributed by atoms with Crippen LogP contribution in [0.2, 0.25) is 0 Å². The van der Waals surface area contributed by atoms with E-state index in [9.17, 15) is 0 Å². The van der Waals surface area contributed by atoms with Crippen molar-refractivity contribution in [2.24, 2.45) is 0 Å². The van der Waals surface area contributed by atoms with Gasteiger partial charge < -0.3 is 15.0 Å². The maximum absolute atomic E-state index is 5.02. The van der Waals surface area contributed by atoms with Crippen LogP contribution in [0.15, 0.2) is 18.3 Å². The van der Waals surface area contributed by atoms with Crippen LogP contribution in [-0.2, 0) is 11.3 Å². The summed E-state index contributed by atoms with van der Waals surface area (Å²) in [5.41, 5.74) is 1.23. The standard InChI is InChI=1S/C16H27N3O/c1-3-15-6-4-5-10-19(15)16-8-7-14(13-18-16)12-17-9-11-20-2/h7-8,13,15,17H,3-6,9-12H2,1-2H3. The molecule has 4 heteroatoms. The normalized spacial score (nSPS) is 19.3. The first kappa shape index (κ1) is 15.3. The van der Waals surface area contributed by atoms with E-state index in [1.165, 1.54) is 31.2 Å². The van der Waals surface area contributed by atoms with E-state index in [4.69, 9.17) is 4.74 Å². The van der Waals surface area contributed by atoms with Gasteiger partial charge in [-0.25, -0.2) is 4.98 Å². The number of hydrogen-bond acceptors (Lipinski definition) is 4. The van der Waals surface area contributed by atoms with Crippen LogP contribution < -0.4 is 10.2 Å². The van der Waals surface area contributed by atoms with Gasteiger partial charge in [-0.1, -0.05) is 13.0 Å². The van der Waals surface area contributed by atoms with E-state index >= 15 is 0 Å². The van der Waals surface area contributed by atoms with Gasteiger partial charge in [-0.05, 0) is 37.3 Å². The van der Waals surface area contributed by atoms with Gasteiger partial charge in [0, 0.05) is 39.0 Å². The molecule has 0 amide bonds. The summed E-state index contributed by atoms with van der Waals surface area (Å²) in [6, 6.07) is 5.02. The maximum atomic E-state index is 5.02. The SMILES string of the molecule is CCC1CCCCN1c1ccc(CNCCOC)cn1. The molecule has 1 aliphatic heterocycles. The van der Waals surface area contributed by atoms with Crippen LogP contribution in [-0.4, -0.2) is 37.8 Å². The average molecular weight is 277 g/mol. The highest BCUT2D eigenvalue weighted by Gasteiger charge is 2.21. The van der Waals surface area contributed by atoms with Gasteiger partial charge in [0.2, 0.25) is 0 Å². The molecule has 0 bridgehead atoms. The second kappa shape index (κ2) is 8.22. The van der Waals surface area contributed by atoms with Gasteiger partial charge in [0.25, 0.3) is 0 Å². The van der Waals surface area contributed by atoms with Gasteiger partial charge in [-0.2, -0.15) is 0 Å². The van der Waals surface area contributed by atoms with Gasteiger partial charge in [0.05, 0.1) is 6.61 Å². The fourth-order valence-electron chi connectivity index (χ4n) is 2.82. The molecule has 0 aliphatic carbocycles. The summed E-state index contributed by atoms with van der Waals surface area (Å²) < 4.78 is 5.02. The number of methoxy groups -OCH3 is 1. The van der Waals surface area contributed by atoms with Crippen LogP contribution in [0.3, 0.4) is 0 Å². The van der Waals surface area contributed by atoms with Crippen molar-refractivity contribution >= 4 is 5.82 Å². The second-order valence-electron chi connectivity index (χ2n) is 5.45. The Labute approximate surface area is 122 Å². The zero-order valence-electron chi connectivity index (χ0n) is 12.8. The van der Waals surface area contributed by atoms with Crippen molar-refractivity contribution in [2.45, 2.75) is 45.2 Å². The summed E-state index contributed by atoms with van der Waals surface area (Å²) in [6.07, 6.45) is 7.16. The third-order valence-corrected chi connectivity index (χ3v) is 4.01. The number of nitrogens with zero attached hydrogens (tertiary/aromatic N) is 2. The van der Waals surface area contributed by atoms with Crippen molar-refractivity contribution in [2.75, 3.05) is 31.7 Å². The lowest BCUT2D eigenvalue weighted by molar-refractivity contribution is 0.199. The summed E-state index contributed by atoms with van der Waals surface area (Å²) in [4.78, 5) is 7.13. The molecule has 1 atom stereocenters. The maximum Gasteiger partial charge on any atom is 0.128 e. The predicted octanol–water partition coefficient (Wildman–Crippen LogP) is 2.59. The second-order valence-corrected chi connectivity index (χ2v) is 5.45. The number of ether oxygens (including phenoxy) is 1. The van der Waals surface area contributed by atoms with E-state index < -0.39 is 0 Å². The first-order chi connectivity index (χ1) is 9.85. The molecule has 2 rings (SSSR count). The molecule has 1 saturated heterocycles. The molecule has 0 saturated carbocycles. The first-order valence-electron chi connectivity index (χ1n) is 7.76. The minimum absolute atomic E-state index is 0.668. The van der Waals surface area contributed by atoms with E-state index in [0.717, 1.165) is 32.1 Å². The molecular weight excluding hydrogens is 250 g/mol. The minimum Gasteiger partial charge on any atom is -0.383 e. The Morgan fingerprint density at radius 2 is 2.30 bits per heavy atom. The van der Waals surface area contributed by atoms with Crippen molar-refractivity contribution in [1.82, 2.24) is 10.3 Å². The van der Waals surface area contributed by atoms with E-state index in [-0.39, 0.29) is 0 Å². The van der Waals surface area contributed by atoms with E-state index in [1.807, 2.05) is 6.20 Å². The molecule has 1 unspecified atom stereocenters. The van der Waals surface area contributed by atoms with Gasteiger partial charge >= 0.3 is 0 Å². The fourth-order valence-corrected chi connectivity index (χ4v) is 2.82. The fraction of sp³-hybridized carbons (Fsp3) is 0.688. The quantitative estimate of drug-likeness (QED) is 0.777. The molecular formula is C16H27N3O. The van der Waals surface area contributed by atoms with E-state index in [2.05, 4.69) is 34.3 Å². The van der Waals surface area contributed by atoms with Gasteiger partial charge in [-0.3, -0.25) is 0 Å². The average Bonchev–Trinajstić information content (AvgIpc) is 2.52.